The summed E-state index contributed by atoms with van der Waals surface area (Å²) in [5.74, 6) is 0.297. The SMILES string of the molecule is CCCCCCC1(C)CC(O)c2cc(F)ccc2O1. The summed E-state index contributed by atoms with van der Waals surface area (Å²) < 4.78 is 19.2. The van der Waals surface area contributed by atoms with E-state index in [1.165, 1.54) is 31.4 Å². The van der Waals surface area contributed by atoms with Gasteiger partial charge in [0.25, 0.3) is 0 Å². The molecule has 0 spiro atoms. The molecule has 2 nitrogen and oxygen atoms in total. The summed E-state index contributed by atoms with van der Waals surface area (Å²) in [6.07, 6.45) is 5.59. The van der Waals surface area contributed by atoms with Crippen LogP contribution in [-0.2, 0) is 0 Å². The second-order valence-corrected chi connectivity index (χ2v) is 5.76. The zero-order valence-corrected chi connectivity index (χ0v) is 11.8. The molecule has 1 N–H and O–H groups in total. The Morgan fingerprint density at radius 2 is 2.16 bits per heavy atom. The Morgan fingerprint density at radius 3 is 2.89 bits per heavy atom. The van der Waals surface area contributed by atoms with Crippen LogP contribution < -0.4 is 4.74 Å². The van der Waals surface area contributed by atoms with Crippen LogP contribution in [0.4, 0.5) is 4.39 Å². The number of aliphatic hydroxyl groups excluding tert-OH is 1. The Bertz CT molecular complexity index is 433. The molecular weight excluding hydrogens is 243 g/mol. The van der Waals surface area contributed by atoms with Crippen molar-refractivity contribution in [1.29, 1.82) is 0 Å². The lowest BCUT2D eigenvalue weighted by atomic mass is 9.86. The van der Waals surface area contributed by atoms with E-state index >= 15 is 0 Å². The summed E-state index contributed by atoms with van der Waals surface area (Å²) in [6.45, 7) is 4.22. The van der Waals surface area contributed by atoms with Crippen molar-refractivity contribution in [1.82, 2.24) is 0 Å². The summed E-state index contributed by atoms with van der Waals surface area (Å²) in [7, 11) is 0. The molecule has 2 rings (SSSR count). The average molecular weight is 266 g/mol. The summed E-state index contributed by atoms with van der Waals surface area (Å²) in [4.78, 5) is 0. The Morgan fingerprint density at radius 1 is 1.37 bits per heavy atom. The van der Waals surface area contributed by atoms with Gasteiger partial charge in [0.15, 0.2) is 0 Å². The highest BCUT2D eigenvalue weighted by Gasteiger charge is 2.36. The topological polar surface area (TPSA) is 29.5 Å². The van der Waals surface area contributed by atoms with Gasteiger partial charge in [0, 0.05) is 12.0 Å². The second kappa shape index (κ2) is 5.91. The van der Waals surface area contributed by atoms with Gasteiger partial charge in [-0.15, -0.1) is 0 Å². The first-order valence-electron chi connectivity index (χ1n) is 7.20. The number of benzene rings is 1. The van der Waals surface area contributed by atoms with Crippen LogP contribution in [0.1, 0.15) is 64.0 Å². The van der Waals surface area contributed by atoms with Crippen LogP contribution in [0.3, 0.4) is 0 Å². The maximum Gasteiger partial charge on any atom is 0.126 e. The second-order valence-electron chi connectivity index (χ2n) is 5.76. The molecule has 0 radical (unpaired) electrons. The minimum absolute atomic E-state index is 0.326. The number of rotatable bonds is 5. The number of hydrogen-bond donors (Lipinski definition) is 1. The predicted molar refractivity (Wildman–Crippen MR) is 73.8 cm³/mol. The summed E-state index contributed by atoms with van der Waals surface area (Å²) in [5, 5.41) is 10.2. The standard InChI is InChI=1S/C16H23FO2/c1-3-4-5-6-9-16(2)11-14(18)13-10-12(17)7-8-15(13)19-16/h7-8,10,14,18H,3-6,9,11H2,1-2H3. The molecule has 1 aliphatic heterocycles. The Hall–Kier alpha value is -1.09. The molecule has 1 aromatic rings. The third-order valence-corrected chi connectivity index (χ3v) is 3.87. The van der Waals surface area contributed by atoms with Crippen molar-refractivity contribution in [2.45, 2.75) is 64.1 Å². The van der Waals surface area contributed by atoms with E-state index in [1.54, 1.807) is 6.07 Å². The molecule has 0 aliphatic carbocycles. The van der Waals surface area contributed by atoms with Crippen LogP contribution in [0.15, 0.2) is 18.2 Å². The fourth-order valence-electron chi connectivity index (χ4n) is 2.78. The van der Waals surface area contributed by atoms with Crippen LogP contribution in [0, 0.1) is 5.82 Å². The molecule has 1 heterocycles. The number of hydrogen-bond acceptors (Lipinski definition) is 2. The Labute approximate surface area is 114 Å². The van der Waals surface area contributed by atoms with Gasteiger partial charge in [0.1, 0.15) is 17.2 Å². The average Bonchev–Trinajstić information content (AvgIpc) is 2.36. The van der Waals surface area contributed by atoms with E-state index in [4.69, 9.17) is 4.74 Å². The largest absolute Gasteiger partial charge is 0.487 e. The number of fused-ring (bicyclic) bond motifs is 1. The third-order valence-electron chi connectivity index (χ3n) is 3.87. The lowest BCUT2D eigenvalue weighted by Gasteiger charge is -2.38. The number of ether oxygens (including phenoxy) is 1. The molecule has 0 aromatic heterocycles. The van der Waals surface area contributed by atoms with Gasteiger partial charge in [-0.3, -0.25) is 0 Å². The first-order valence-corrected chi connectivity index (χ1v) is 7.20. The van der Waals surface area contributed by atoms with Crippen molar-refractivity contribution >= 4 is 0 Å². The van der Waals surface area contributed by atoms with Gasteiger partial charge in [-0.25, -0.2) is 4.39 Å². The molecule has 1 aliphatic rings. The molecule has 0 fully saturated rings. The fourth-order valence-corrected chi connectivity index (χ4v) is 2.78. The molecule has 3 heteroatoms. The maximum absolute atomic E-state index is 13.2. The third kappa shape index (κ3) is 3.47. The monoisotopic (exact) mass is 266 g/mol. The highest BCUT2D eigenvalue weighted by Crippen LogP contribution is 2.41. The van der Waals surface area contributed by atoms with E-state index in [1.807, 2.05) is 6.92 Å². The maximum atomic E-state index is 13.2. The zero-order valence-electron chi connectivity index (χ0n) is 11.8. The van der Waals surface area contributed by atoms with E-state index in [2.05, 4.69) is 6.92 Å². The summed E-state index contributed by atoms with van der Waals surface area (Å²) in [5.41, 5.74) is 0.240. The quantitative estimate of drug-likeness (QED) is 0.802. The van der Waals surface area contributed by atoms with Crippen LogP contribution in [-0.4, -0.2) is 10.7 Å². The van der Waals surface area contributed by atoms with Crippen molar-refractivity contribution in [3.05, 3.63) is 29.6 Å². The number of aliphatic hydroxyl groups is 1. The van der Waals surface area contributed by atoms with Crippen LogP contribution >= 0.6 is 0 Å². The lowest BCUT2D eigenvalue weighted by molar-refractivity contribution is -0.00873. The summed E-state index contributed by atoms with van der Waals surface area (Å²) >= 11 is 0. The van der Waals surface area contributed by atoms with Crippen molar-refractivity contribution in [3.8, 4) is 5.75 Å². The van der Waals surface area contributed by atoms with Crippen LogP contribution in [0.25, 0.3) is 0 Å². The molecule has 1 aromatic carbocycles. The molecule has 0 amide bonds. The van der Waals surface area contributed by atoms with Gasteiger partial charge < -0.3 is 9.84 Å². The molecule has 2 unspecified atom stereocenters. The first-order chi connectivity index (χ1) is 9.04. The van der Waals surface area contributed by atoms with Gasteiger partial charge in [0.05, 0.1) is 6.10 Å². The highest BCUT2D eigenvalue weighted by atomic mass is 19.1. The van der Waals surface area contributed by atoms with Crippen molar-refractivity contribution in [2.75, 3.05) is 0 Å². The number of unbranched alkanes of at least 4 members (excludes halogenated alkanes) is 3. The van der Waals surface area contributed by atoms with Gasteiger partial charge in [-0.05, 0) is 38.0 Å². The smallest absolute Gasteiger partial charge is 0.126 e. The molecular formula is C16H23FO2. The Kier molecular flexibility index (Phi) is 4.46. The molecule has 106 valence electrons. The number of halogens is 1. The first kappa shape index (κ1) is 14.3. The van der Waals surface area contributed by atoms with E-state index in [9.17, 15) is 9.50 Å². The van der Waals surface area contributed by atoms with E-state index in [0.29, 0.717) is 17.7 Å². The van der Waals surface area contributed by atoms with Gasteiger partial charge in [-0.1, -0.05) is 26.2 Å². The van der Waals surface area contributed by atoms with Crippen LogP contribution in [0.5, 0.6) is 5.75 Å². The van der Waals surface area contributed by atoms with E-state index in [-0.39, 0.29) is 11.4 Å². The summed E-state index contributed by atoms with van der Waals surface area (Å²) in [6, 6.07) is 4.38. The van der Waals surface area contributed by atoms with Crippen LogP contribution in [0.2, 0.25) is 0 Å². The highest BCUT2D eigenvalue weighted by molar-refractivity contribution is 5.38. The van der Waals surface area contributed by atoms with Gasteiger partial charge in [0.2, 0.25) is 0 Å². The van der Waals surface area contributed by atoms with Gasteiger partial charge in [-0.2, -0.15) is 0 Å². The molecule has 0 saturated heterocycles. The minimum atomic E-state index is -0.629. The predicted octanol–water partition coefficient (Wildman–Crippen LogP) is 4.37. The normalized spacial score (nSPS) is 25.8. The molecule has 0 bridgehead atoms. The van der Waals surface area contributed by atoms with E-state index in [0.717, 1.165) is 12.8 Å². The van der Waals surface area contributed by atoms with Gasteiger partial charge >= 0.3 is 0 Å². The lowest BCUT2D eigenvalue weighted by Crippen LogP contribution is -2.38. The van der Waals surface area contributed by atoms with Crippen molar-refractivity contribution in [2.24, 2.45) is 0 Å². The zero-order chi connectivity index (χ0) is 13.9. The minimum Gasteiger partial charge on any atom is -0.487 e. The molecule has 0 saturated carbocycles. The van der Waals surface area contributed by atoms with E-state index < -0.39 is 6.10 Å². The van der Waals surface area contributed by atoms with Crippen molar-refractivity contribution in [3.63, 3.8) is 0 Å². The Balaban J connectivity index is 2.04. The molecule has 19 heavy (non-hydrogen) atoms. The molecule has 2 atom stereocenters. The fraction of sp³-hybridized carbons (Fsp3) is 0.625. The van der Waals surface area contributed by atoms with Crippen molar-refractivity contribution < 1.29 is 14.2 Å².